The van der Waals surface area contributed by atoms with Crippen LogP contribution in [-0.4, -0.2) is 53.5 Å². The molecule has 23 heavy (non-hydrogen) atoms. The summed E-state index contributed by atoms with van der Waals surface area (Å²) in [6.45, 7) is 3.77. The first-order chi connectivity index (χ1) is 11.2. The van der Waals surface area contributed by atoms with Crippen LogP contribution in [0.15, 0.2) is 42.6 Å². The smallest absolute Gasteiger partial charge is 0.231 e. The summed E-state index contributed by atoms with van der Waals surface area (Å²) >= 11 is 0. The number of benzene rings is 1. The fourth-order valence-electron chi connectivity index (χ4n) is 2.83. The zero-order valence-corrected chi connectivity index (χ0v) is 13.1. The SMILES string of the molecule is NC(=O)CN1CCCN(c2ccnc(-c3ccccc3)n2)CC1. The van der Waals surface area contributed by atoms with Crippen molar-refractivity contribution in [3.8, 4) is 11.4 Å². The summed E-state index contributed by atoms with van der Waals surface area (Å²) < 4.78 is 0. The summed E-state index contributed by atoms with van der Waals surface area (Å²) in [6.07, 6.45) is 2.79. The molecular formula is C17H21N5O. The van der Waals surface area contributed by atoms with Gasteiger partial charge in [-0.15, -0.1) is 0 Å². The molecule has 0 unspecified atom stereocenters. The predicted molar refractivity (Wildman–Crippen MR) is 89.9 cm³/mol. The van der Waals surface area contributed by atoms with Gasteiger partial charge in [0.2, 0.25) is 5.91 Å². The van der Waals surface area contributed by atoms with E-state index in [1.807, 2.05) is 36.4 Å². The zero-order valence-electron chi connectivity index (χ0n) is 13.1. The van der Waals surface area contributed by atoms with Crippen molar-refractivity contribution in [2.45, 2.75) is 6.42 Å². The van der Waals surface area contributed by atoms with E-state index < -0.39 is 0 Å². The van der Waals surface area contributed by atoms with Crippen molar-refractivity contribution in [2.75, 3.05) is 37.6 Å². The highest BCUT2D eigenvalue weighted by atomic mass is 16.1. The molecule has 2 heterocycles. The molecule has 120 valence electrons. The third-order valence-corrected chi connectivity index (χ3v) is 3.96. The number of nitrogens with two attached hydrogens (primary N) is 1. The van der Waals surface area contributed by atoms with Gasteiger partial charge in [0.1, 0.15) is 5.82 Å². The van der Waals surface area contributed by atoms with Gasteiger partial charge in [0.15, 0.2) is 5.82 Å². The zero-order chi connectivity index (χ0) is 16.1. The molecule has 1 saturated heterocycles. The first-order valence-corrected chi connectivity index (χ1v) is 7.86. The van der Waals surface area contributed by atoms with Crippen molar-refractivity contribution in [1.82, 2.24) is 14.9 Å². The Labute approximate surface area is 135 Å². The van der Waals surface area contributed by atoms with E-state index in [-0.39, 0.29) is 5.91 Å². The summed E-state index contributed by atoms with van der Waals surface area (Å²) in [5.41, 5.74) is 6.30. The lowest BCUT2D eigenvalue weighted by Gasteiger charge is -2.22. The Bertz CT molecular complexity index is 661. The second-order valence-corrected chi connectivity index (χ2v) is 5.69. The van der Waals surface area contributed by atoms with E-state index in [1.165, 1.54) is 0 Å². The Morgan fingerprint density at radius 1 is 1.09 bits per heavy atom. The predicted octanol–water partition coefficient (Wildman–Crippen LogP) is 1.14. The normalized spacial score (nSPS) is 16.1. The Balaban J connectivity index is 1.73. The Hall–Kier alpha value is -2.47. The van der Waals surface area contributed by atoms with Gasteiger partial charge < -0.3 is 10.6 Å². The minimum absolute atomic E-state index is 0.271. The maximum absolute atomic E-state index is 11.1. The minimum atomic E-state index is -0.271. The molecule has 1 aliphatic heterocycles. The average Bonchev–Trinajstić information content (AvgIpc) is 2.81. The molecule has 0 spiro atoms. The number of aromatic nitrogens is 2. The van der Waals surface area contributed by atoms with Gasteiger partial charge in [-0.2, -0.15) is 0 Å². The van der Waals surface area contributed by atoms with E-state index in [1.54, 1.807) is 6.20 Å². The molecule has 3 rings (SSSR count). The van der Waals surface area contributed by atoms with Crippen LogP contribution in [0.25, 0.3) is 11.4 Å². The molecule has 0 bridgehead atoms. The van der Waals surface area contributed by atoms with Crippen LogP contribution in [-0.2, 0) is 4.79 Å². The molecule has 1 aromatic carbocycles. The molecule has 0 atom stereocenters. The van der Waals surface area contributed by atoms with E-state index in [0.717, 1.165) is 49.8 Å². The number of anilines is 1. The molecule has 1 amide bonds. The molecule has 1 fully saturated rings. The Kier molecular flexibility index (Phi) is 4.83. The molecule has 6 nitrogen and oxygen atoms in total. The van der Waals surface area contributed by atoms with Crippen molar-refractivity contribution >= 4 is 11.7 Å². The lowest BCUT2D eigenvalue weighted by Crippen LogP contribution is -2.36. The maximum Gasteiger partial charge on any atom is 0.231 e. The van der Waals surface area contributed by atoms with Crippen molar-refractivity contribution in [3.63, 3.8) is 0 Å². The second-order valence-electron chi connectivity index (χ2n) is 5.69. The van der Waals surface area contributed by atoms with Crippen LogP contribution in [0.3, 0.4) is 0 Å². The largest absolute Gasteiger partial charge is 0.369 e. The van der Waals surface area contributed by atoms with Crippen LogP contribution in [0.2, 0.25) is 0 Å². The number of carbonyl (C=O) groups excluding carboxylic acids is 1. The molecule has 2 N–H and O–H groups in total. The lowest BCUT2D eigenvalue weighted by molar-refractivity contribution is -0.119. The number of rotatable bonds is 4. The van der Waals surface area contributed by atoms with Crippen LogP contribution in [0, 0.1) is 0 Å². The fourth-order valence-corrected chi connectivity index (χ4v) is 2.83. The number of carbonyl (C=O) groups is 1. The van der Waals surface area contributed by atoms with Gasteiger partial charge in [-0.1, -0.05) is 30.3 Å². The first-order valence-electron chi connectivity index (χ1n) is 7.86. The van der Waals surface area contributed by atoms with E-state index in [4.69, 9.17) is 10.7 Å². The molecule has 6 heteroatoms. The number of amides is 1. The standard InChI is InChI=1S/C17H21N5O/c18-15(23)13-21-9-4-10-22(12-11-21)16-7-8-19-17(20-16)14-5-2-1-3-6-14/h1-3,5-8H,4,9-13H2,(H2,18,23). The third-order valence-electron chi connectivity index (χ3n) is 3.96. The highest BCUT2D eigenvalue weighted by Gasteiger charge is 2.17. The Morgan fingerprint density at radius 2 is 1.91 bits per heavy atom. The van der Waals surface area contributed by atoms with Gasteiger partial charge in [0, 0.05) is 37.9 Å². The second kappa shape index (κ2) is 7.19. The van der Waals surface area contributed by atoms with E-state index in [2.05, 4.69) is 14.8 Å². The number of nitrogens with zero attached hydrogens (tertiary/aromatic N) is 4. The molecular weight excluding hydrogens is 290 g/mol. The first kappa shape index (κ1) is 15.4. The van der Waals surface area contributed by atoms with Crippen LogP contribution in [0.5, 0.6) is 0 Å². The maximum atomic E-state index is 11.1. The van der Waals surface area contributed by atoms with Gasteiger partial charge in [-0.3, -0.25) is 9.69 Å². The molecule has 0 aliphatic carbocycles. The average molecular weight is 311 g/mol. The molecule has 1 aromatic heterocycles. The van der Waals surface area contributed by atoms with E-state index in [9.17, 15) is 4.79 Å². The van der Waals surface area contributed by atoms with E-state index >= 15 is 0 Å². The molecule has 2 aromatic rings. The fraction of sp³-hybridized carbons (Fsp3) is 0.353. The molecule has 0 saturated carbocycles. The van der Waals surface area contributed by atoms with Crippen LogP contribution in [0.1, 0.15) is 6.42 Å². The number of hydrogen-bond acceptors (Lipinski definition) is 5. The monoisotopic (exact) mass is 311 g/mol. The lowest BCUT2D eigenvalue weighted by atomic mass is 10.2. The highest BCUT2D eigenvalue weighted by molar-refractivity contribution is 5.75. The van der Waals surface area contributed by atoms with Gasteiger partial charge in [-0.05, 0) is 12.5 Å². The summed E-state index contributed by atoms with van der Waals surface area (Å²) in [5.74, 6) is 1.40. The van der Waals surface area contributed by atoms with Crippen LogP contribution in [0.4, 0.5) is 5.82 Å². The molecule has 1 aliphatic rings. The third kappa shape index (κ3) is 4.04. The van der Waals surface area contributed by atoms with Gasteiger partial charge in [-0.25, -0.2) is 9.97 Å². The van der Waals surface area contributed by atoms with Crippen molar-refractivity contribution < 1.29 is 4.79 Å². The topological polar surface area (TPSA) is 75.4 Å². The van der Waals surface area contributed by atoms with Gasteiger partial charge >= 0.3 is 0 Å². The minimum Gasteiger partial charge on any atom is -0.369 e. The highest BCUT2D eigenvalue weighted by Crippen LogP contribution is 2.19. The number of primary amides is 1. The summed E-state index contributed by atoms with van der Waals surface area (Å²) in [5, 5.41) is 0. The van der Waals surface area contributed by atoms with Crippen LogP contribution >= 0.6 is 0 Å². The summed E-state index contributed by atoms with van der Waals surface area (Å²) in [7, 11) is 0. The van der Waals surface area contributed by atoms with Crippen LogP contribution < -0.4 is 10.6 Å². The summed E-state index contributed by atoms with van der Waals surface area (Å²) in [4.78, 5) is 24.5. The van der Waals surface area contributed by atoms with Crippen molar-refractivity contribution in [1.29, 1.82) is 0 Å². The van der Waals surface area contributed by atoms with Gasteiger partial charge in [0.05, 0.1) is 6.54 Å². The van der Waals surface area contributed by atoms with E-state index in [0.29, 0.717) is 6.54 Å². The Morgan fingerprint density at radius 3 is 2.70 bits per heavy atom. The molecule has 0 radical (unpaired) electrons. The van der Waals surface area contributed by atoms with Crippen molar-refractivity contribution in [3.05, 3.63) is 42.6 Å². The van der Waals surface area contributed by atoms with Gasteiger partial charge in [0.25, 0.3) is 0 Å². The van der Waals surface area contributed by atoms with Crippen molar-refractivity contribution in [2.24, 2.45) is 5.73 Å². The quantitative estimate of drug-likeness (QED) is 0.916. The number of hydrogen-bond donors (Lipinski definition) is 1. The summed E-state index contributed by atoms with van der Waals surface area (Å²) in [6, 6.07) is 11.9.